The van der Waals surface area contributed by atoms with E-state index in [-0.39, 0.29) is 5.24 Å². The van der Waals surface area contributed by atoms with Crippen LogP contribution >= 0.6 is 23.5 Å². The van der Waals surface area contributed by atoms with Crippen molar-refractivity contribution < 1.29 is 10.0 Å². The highest BCUT2D eigenvalue weighted by atomic mass is 32.2. The van der Waals surface area contributed by atoms with Crippen LogP contribution in [0.3, 0.4) is 0 Å². The van der Waals surface area contributed by atoms with Gasteiger partial charge < -0.3 is 10.1 Å². The van der Waals surface area contributed by atoms with Crippen LogP contribution in [0.25, 0.3) is 0 Å². The molecule has 0 fully saturated rings. The Bertz CT molecular complexity index is 1030. The largest absolute Gasteiger partial charge is 0.409 e. The molecule has 6 nitrogen and oxygen atoms in total. The number of hydrazone groups is 1. The summed E-state index contributed by atoms with van der Waals surface area (Å²) in [6.45, 7) is 4.81. The van der Waals surface area contributed by atoms with Gasteiger partial charge in [-0.1, -0.05) is 35.1 Å². The first-order chi connectivity index (χ1) is 14.4. The summed E-state index contributed by atoms with van der Waals surface area (Å²) in [7, 11) is 0. The van der Waals surface area contributed by atoms with Crippen molar-refractivity contribution in [3.05, 3.63) is 59.2 Å². The highest BCUT2D eigenvalue weighted by molar-refractivity contribution is 8.15. The van der Waals surface area contributed by atoms with Gasteiger partial charge in [0.2, 0.25) is 0 Å². The minimum absolute atomic E-state index is 0.135. The van der Waals surface area contributed by atoms with Crippen LogP contribution in [0, 0.1) is 0 Å². The first-order valence-electron chi connectivity index (χ1n) is 9.77. The molecule has 2 heterocycles. The number of hydrogen-bond acceptors (Lipinski definition) is 6. The summed E-state index contributed by atoms with van der Waals surface area (Å²) in [5.41, 5.74) is 7.54. The van der Waals surface area contributed by atoms with Crippen molar-refractivity contribution in [3.63, 3.8) is 0 Å². The van der Waals surface area contributed by atoms with Gasteiger partial charge in [-0.15, -0.1) is 11.8 Å². The lowest BCUT2D eigenvalue weighted by Gasteiger charge is -2.33. The SMILES string of the molecule is CSc1ccc(/C(=N/O)N2CCCc3cc(C4=NNC(=O)SC4(C)C)ccc32)cc1. The molecule has 0 atom stereocenters. The van der Waals surface area contributed by atoms with Gasteiger partial charge in [0.15, 0.2) is 5.84 Å². The molecule has 0 unspecified atom stereocenters. The van der Waals surface area contributed by atoms with Gasteiger partial charge in [-0.25, -0.2) is 5.43 Å². The molecule has 2 aromatic carbocycles. The Labute approximate surface area is 184 Å². The fourth-order valence-electron chi connectivity index (χ4n) is 3.92. The van der Waals surface area contributed by atoms with Crippen LogP contribution in [0.15, 0.2) is 57.6 Å². The van der Waals surface area contributed by atoms with E-state index in [1.54, 1.807) is 11.8 Å². The standard InChI is InChI=1S/C22H24N4O2S2/c1-22(2)19(23-24-21(27)30-22)16-8-11-18-15(13-16)5-4-12-26(18)20(25-28)14-6-9-17(29-3)10-7-14/h6-11,13,28H,4-5,12H2,1-3H3,(H,24,27)/b25-20-. The molecule has 0 bridgehead atoms. The second-order valence-corrected chi connectivity index (χ2v) is 10.2. The molecule has 156 valence electrons. The summed E-state index contributed by atoms with van der Waals surface area (Å²) in [6.07, 6.45) is 3.94. The maximum absolute atomic E-state index is 11.7. The molecule has 2 aromatic rings. The van der Waals surface area contributed by atoms with Gasteiger partial charge in [-0.3, -0.25) is 4.79 Å². The number of fused-ring (bicyclic) bond motifs is 1. The number of carbonyl (C=O) groups excluding carboxylic acids is 1. The number of carbonyl (C=O) groups is 1. The number of anilines is 1. The van der Waals surface area contributed by atoms with Crippen molar-refractivity contribution in [3.8, 4) is 0 Å². The molecule has 2 aliphatic heterocycles. The normalized spacial score (nSPS) is 18.5. The van der Waals surface area contributed by atoms with E-state index < -0.39 is 4.75 Å². The monoisotopic (exact) mass is 440 g/mol. The lowest BCUT2D eigenvalue weighted by Crippen LogP contribution is -2.39. The second-order valence-electron chi connectivity index (χ2n) is 7.72. The molecular weight excluding hydrogens is 416 g/mol. The van der Waals surface area contributed by atoms with E-state index >= 15 is 0 Å². The molecule has 30 heavy (non-hydrogen) atoms. The zero-order chi connectivity index (χ0) is 21.3. The number of nitrogens with zero attached hydrogens (tertiary/aromatic N) is 3. The first-order valence-corrected chi connectivity index (χ1v) is 11.8. The van der Waals surface area contributed by atoms with E-state index in [0.29, 0.717) is 5.84 Å². The highest BCUT2D eigenvalue weighted by Crippen LogP contribution is 2.35. The molecule has 1 amide bonds. The van der Waals surface area contributed by atoms with Gasteiger partial charge in [-0.05, 0) is 68.3 Å². The van der Waals surface area contributed by atoms with E-state index in [9.17, 15) is 10.0 Å². The van der Waals surface area contributed by atoms with Crippen molar-refractivity contribution in [2.45, 2.75) is 36.3 Å². The molecule has 0 spiro atoms. The first kappa shape index (κ1) is 20.8. The van der Waals surface area contributed by atoms with Gasteiger partial charge in [-0.2, -0.15) is 5.10 Å². The summed E-state index contributed by atoms with van der Waals surface area (Å²) in [5.74, 6) is 0.550. The van der Waals surface area contributed by atoms with E-state index in [2.05, 4.69) is 32.7 Å². The minimum atomic E-state index is -0.401. The van der Waals surface area contributed by atoms with Gasteiger partial charge in [0, 0.05) is 22.7 Å². The quantitative estimate of drug-likeness (QED) is 0.232. The van der Waals surface area contributed by atoms with Crippen molar-refractivity contribution in [1.29, 1.82) is 0 Å². The second kappa shape index (κ2) is 8.35. The third-order valence-corrected chi connectivity index (χ3v) is 7.07. The highest BCUT2D eigenvalue weighted by Gasteiger charge is 2.34. The van der Waals surface area contributed by atoms with Crippen LogP contribution in [0.5, 0.6) is 0 Å². The average molecular weight is 441 g/mol. The van der Waals surface area contributed by atoms with Crippen LogP contribution in [-0.4, -0.2) is 39.5 Å². The van der Waals surface area contributed by atoms with Gasteiger partial charge in [0.1, 0.15) is 0 Å². The minimum Gasteiger partial charge on any atom is -0.409 e. The Hall–Kier alpha value is -2.45. The zero-order valence-corrected chi connectivity index (χ0v) is 18.8. The zero-order valence-electron chi connectivity index (χ0n) is 17.2. The number of thioether (sulfide) groups is 2. The fraction of sp³-hybridized carbons (Fsp3) is 0.318. The molecule has 2 aliphatic rings. The summed E-state index contributed by atoms with van der Waals surface area (Å²) >= 11 is 2.93. The average Bonchev–Trinajstić information content (AvgIpc) is 2.74. The van der Waals surface area contributed by atoms with Crippen LogP contribution in [0.1, 0.15) is 37.0 Å². The predicted molar refractivity (Wildman–Crippen MR) is 125 cm³/mol. The van der Waals surface area contributed by atoms with E-state index in [0.717, 1.165) is 41.9 Å². The number of rotatable bonds is 3. The summed E-state index contributed by atoms with van der Waals surface area (Å²) in [6, 6.07) is 14.3. The molecule has 0 aliphatic carbocycles. The molecule has 0 aromatic heterocycles. The third-order valence-electron chi connectivity index (χ3n) is 5.35. The summed E-state index contributed by atoms with van der Waals surface area (Å²) in [4.78, 5) is 15.0. The number of hydrogen-bond donors (Lipinski definition) is 2. The van der Waals surface area contributed by atoms with Crippen LogP contribution in [0.4, 0.5) is 10.5 Å². The lowest BCUT2D eigenvalue weighted by atomic mass is 9.93. The number of nitrogens with one attached hydrogen (secondary N) is 1. The molecule has 8 heteroatoms. The number of aryl methyl sites for hydroxylation is 1. The maximum Gasteiger partial charge on any atom is 0.300 e. The van der Waals surface area contributed by atoms with Crippen LogP contribution in [0.2, 0.25) is 0 Å². The van der Waals surface area contributed by atoms with Crippen molar-refractivity contribution in [2.75, 3.05) is 17.7 Å². The molecule has 4 rings (SSSR count). The number of amidine groups is 1. The number of amides is 1. The predicted octanol–water partition coefficient (Wildman–Crippen LogP) is 4.94. The summed E-state index contributed by atoms with van der Waals surface area (Å²) in [5, 5.41) is 17.7. The van der Waals surface area contributed by atoms with E-state index in [1.807, 2.05) is 50.4 Å². The van der Waals surface area contributed by atoms with Crippen LogP contribution in [-0.2, 0) is 6.42 Å². The molecule has 2 N–H and O–H groups in total. The maximum atomic E-state index is 11.7. The Kier molecular flexibility index (Phi) is 5.79. The topological polar surface area (TPSA) is 77.3 Å². The Balaban J connectivity index is 1.69. The van der Waals surface area contributed by atoms with E-state index in [4.69, 9.17) is 0 Å². The number of oxime groups is 1. The van der Waals surface area contributed by atoms with Gasteiger partial charge in [0.25, 0.3) is 5.24 Å². The van der Waals surface area contributed by atoms with Crippen molar-refractivity contribution in [1.82, 2.24) is 5.43 Å². The third kappa shape index (κ3) is 3.94. The Morgan fingerprint density at radius 1 is 1.27 bits per heavy atom. The Morgan fingerprint density at radius 2 is 2.03 bits per heavy atom. The smallest absolute Gasteiger partial charge is 0.300 e. The van der Waals surface area contributed by atoms with E-state index in [1.165, 1.54) is 22.2 Å². The molecule has 0 radical (unpaired) electrons. The molecular formula is C22H24N4O2S2. The number of benzene rings is 2. The molecule has 0 saturated carbocycles. The van der Waals surface area contributed by atoms with Crippen molar-refractivity contribution in [2.24, 2.45) is 10.3 Å². The van der Waals surface area contributed by atoms with Crippen molar-refractivity contribution >= 4 is 46.0 Å². The lowest BCUT2D eigenvalue weighted by molar-refractivity contribution is 0.260. The van der Waals surface area contributed by atoms with Gasteiger partial charge in [0.05, 0.1) is 10.5 Å². The van der Waals surface area contributed by atoms with Crippen LogP contribution < -0.4 is 10.3 Å². The molecule has 0 saturated heterocycles. The fourth-order valence-corrected chi connectivity index (χ4v) is 5.15. The summed E-state index contributed by atoms with van der Waals surface area (Å²) < 4.78 is -0.401. The Morgan fingerprint density at radius 3 is 2.70 bits per heavy atom. The van der Waals surface area contributed by atoms with Gasteiger partial charge >= 0.3 is 0 Å².